The van der Waals surface area contributed by atoms with Gasteiger partial charge in [-0.15, -0.1) is 0 Å². The van der Waals surface area contributed by atoms with E-state index in [1.165, 1.54) is 18.6 Å². The minimum atomic E-state index is 0.491. The summed E-state index contributed by atoms with van der Waals surface area (Å²) < 4.78 is 5.32. The highest BCUT2D eigenvalue weighted by Gasteiger charge is 2.15. The molecule has 134 valence electrons. The Morgan fingerprint density at radius 3 is 2.96 bits per heavy atom. The molecule has 0 aliphatic carbocycles. The van der Waals surface area contributed by atoms with Gasteiger partial charge in [0.15, 0.2) is 5.96 Å². The lowest BCUT2D eigenvalue weighted by Crippen LogP contribution is -2.46. The number of hydrogen-bond donors (Lipinski definition) is 2. The standard InChI is InChI=1S/C17H22ClN5OS/c1-19-17(21-14-3-2-10-25-11-14)20-9-8-15-22-16(23-24-15)12-4-6-13(18)7-5-12/h4-7,14H,2-3,8-11H2,1H3,(H2,19,20,21). The van der Waals surface area contributed by atoms with Crippen molar-refractivity contribution in [1.29, 1.82) is 0 Å². The third-order valence-corrected chi connectivity index (χ3v) is 5.39. The Bertz CT molecular complexity index is 697. The molecule has 0 saturated carbocycles. The summed E-state index contributed by atoms with van der Waals surface area (Å²) in [7, 11) is 1.79. The van der Waals surface area contributed by atoms with Crippen LogP contribution in [0.15, 0.2) is 33.8 Å². The number of rotatable bonds is 5. The second-order valence-corrected chi connectivity index (χ2v) is 7.41. The number of benzene rings is 1. The Morgan fingerprint density at radius 2 is 2.24 bits per heavy atom. The first kappa shape index (κ1) is 18.1. The summed E-state index contributed by atoms with van der Waals surface area (Å²) in [5, 5.41) is 11.5. The van der Waals surface area contributed by atoms with E-state index in [1.807, 2.05) is 36.0 Å². The molecular formula is C17H22ClN5OS. The first-order chi connectivity index (χ1) is 12.2. The molecule has 25 heavy (non-hydrogen) atoms. The first-order valence-corrected chi connectivity index (χ1v) is 9.91. The molecule has 0 bridgehead atoms. The van der Waals surface area contributed by atoms with Crippen molar-refractivity contribution < 1.29 is 4.52 Å². The van der Waals surface area contributed by atoms with Gasteiger partial charge in [-0.05, 0) is 42.9 Å². The summed E-state index contributed by atoms with van der Waals surface area (Å²) in [6, 6.07) is 7.87. The maximum Gasteiger partial charge on any atom is 0.228 e. The fraction of sp³-hybridized carbons (Fsp3) is 0.471. The van der Waals surface area contributed by atoms with Crippen molar-refractivity contribution in [3.8, 4) is 11.4 Å². The van der Waals surface area contributed by atoms with Crippen LogP contribution in [0.3, 0.4) is 0 Å². The van der Waals surface area contributed by atoms with Crippen LogP contribution < -0.4 is 10.6 Å². The molecule has 1 aromatic heterocycles. The van der Waals surface area contributed by atoms with Crippen LogP contribution in [0.1, 0.15) is 18.7 Å². The van der Waals surface area contributed by atoms with E-state index in [9.17, 15) is 0 Å². The normalized spacial score (nSPS) is 18.2. The van der Waals surface area contributed by atoms with E-state index < -0.39 is 0 Å². The highest BCUT2D eigenvalue weighted by Crippen LogP contribution is 2.19. The van der Waals surface area contributed by atoms with Crippen molar-refractivity contribution in [1.82, 2.24) is 20.8 Å². The van der Waals surface area contributed by atoms with Gasteiger partial charge >= 0.3 is 0 Å². The fourth-order valence-corrected chi connectivity index (χ4v) is 3.80. The lowest BCUT2D eigenvalue weighted by atomic mass is 10.2. The predicted molar refractivity (Wildman–Crippen MR) is 103 cm³/mol. The number of nitrogens with zero attached hydrogens (tertiary/aromatic N) is 3. The summed E-state index contributed by atoms with van der Waals surface area (Å²) in [6.45, 7) is 0.682. The van der Waals surface area contributed by atoms with Crippen LogP contribution in [0.5, 0.6) is 0 Å². The van der Waals surface area contributed by atoms with E-state index >= 15 is 0 Å². The van der Waals surface area contributed by atoms with Gasteiger partial charge in [0.25, 0.3) is 0 Å². The molecule has 2 heterocycles. The van der Waals surface area contributed by atoms with Gasteiger partial charge in [0.05, 0.1) is 0 Å². The molecule has 1 unspecified atom stereocenters. The maximum absolute atomic E-state index is 5.90. The lowest BCUT2D eigenvalue weighted by molar-refractivity contribution is 0.378. The van der Waals surface area contributed by atoms with E-state index in [2.05, 4.69) is 25.8 Å². The Kier molecular flexibility index (Phi) is 6.58. The summed E-state index contributed by atoms with van der Waals surface area (Å²) in [6.07, 6.45) is 3.09. The average molecular weight is 380 g/mol. The van der Waals surface area contributed by atoms with E-state index in [0.717, 1.165) is 17.3 Å². The lowest BCUT2D eigenvalue weighted by Gasteiger charge is -2.24. The van der Waals surface area contributed by atoms with Gasteiger partial charge in [-0.1, -0.05) is 16.8 Å². The second-order valence-electron chi connectivity index (χ2n) is 5.83. The Morgan fingerprint density at radius 1 is 1.40 bits per heavy atom. The minimum Gasteiger partial charge on any atom is -0.356 e. The zero-order valence-corrected chi connectivity index (χ0v) is 15.7. The van der Waals surface area contributed by atoms with Crippen molar-refractivity contribution in [3.63, 3.8) is 0 Å². The summed E-state index contributed by atoms with van der Waals surface area (Å²) >= 11 is 7.89. The molecular weight excluding hydrogens is 358 g/mol. The summed E-state index contributed by atoms with van der Waals surface area (Å²) in [5.74, 6) is 4.39. The van der Waals surface area contributed by atoms with Gasteiger partial charge in [-0.25, -0.2) is 0 Å². The molecule has 2 N–H and O–H groups in total. The predicted octanol–water partition coefficient (Wildman–Crippen LogP) is 2.99. The fourth-order valence-electron chi connectivity index (χ4n) is 2.60. The SMILES string of the molecule is CN=C(NCCc1nc(-c2ccc(Cl)cc2)no1)NC1CCCSC1. The van der Waals surface area contributed by atoms with E-state index in [0.29, 0.717) is 35.7 Å². The molecule has 3 rings (SSSR count). The Balaban J connectivity index is 1.47. The van der Waals surface area contributed by atoms with Crippen molar-refractivity contribution in [2.24, 2.45) is 4.99 Å². The molecule has 2 aromatic rings. The number of aliphatic imine (C=N–C) groups is 1. The third-order valence-electron chi connectivity index (χ3n) is 3.93. The molecule has 1 aromatic carbocycles. The Labute approximate surface area is 156 Å². The molecule has 1 saturated heterocycles. The molecule has 8 heteroatoms. The van der Waals surface area contributed by atoms with Crippen molar-refractivity contribution in [2.75, 3.05) is 25.1 Å². The summed E-state index contributed by atoms with van der Waals surface area (Å²) in [4.78, 5) is 8.70. The molecule has 1 aliphatic heterocycles. The summed E-state index contributed by atoms with van der Waals surface area (Å²) in [5.41, 5.74) is 0.889. The topological polar surface area (TPSA) is 75.3 Å². The van der Waals surface area contributed by atoms with Crippen LogP contribution in [0.2, 0.25) is 5.02 Å². The number of nitrogens with one attached hydrogen (secondary N) is 2. The van der Waals surface area contributed by atoms with Crippen molar-refractivity contribution in [2.45, 2.75) is 25.3 Å². The van der Waals surface area contributed by atoms with Crippen LogP contribution in [-0.2, 0) is 6.42 Å². The number of thioether (sulfide) groups is 1. The molecule has 1 fully saturated rings. The van der Waals surface area contributed by atoms with E-state index in [1.54, 1.807) is 7.05 Å². The molecule has 1 atom stereocenters. The maximum atomic E-state index is 5.90. The van der Waals surface area contributed by atoms with E-state index in [-0.39, 0.29) is 0 Å². The quantitative estimate of drug-likeness (QED) is 0.614. The third kappa shape index (κ3) is 5.37. The highest BCUT2D eigenvalue weighted by molar-refractivity contribution is 7.99. The van der Waals surface area contributed by atoms with Crippen LogP contribution in [-0.4, -0.2) is 47.2 Å². The highest BCUT2D eigenvalue weighted by atomic mass is 35.5. The average Bonchev–Trinajstić information content (AvgIpc) is 3.11. The van der Waals surface area contributed by atoms with Gasteiger partial charge in [0.2, 0.25) is 11.7 Å². The van der Waals surface area contributed by atoms with Crippen LogP contribution in [0.25, 0.3) is 11.4 Å². The Hall–Kier alpha value is -1.73. The zero-order chi connectivity index (χ0) is 17.5. The first-order valence-electron chi connectivity index (χ1n) is 8.38. The van der Waals surface area contributed by atoms with E-state index in [4.69, 9.17) is 16.1 Å². The van der Waals surface area contributed by atoms with Crippen molar-refractivity contribution >= 4 is 29.3 Å². The smallest absolute Gasteiger partial charge is 0.228 e. The number of guanidine groups is 1. The van der Waals surface area contributed by atoms with Gasteiger partial charge < -0.3 is 15.2 Å². The number of hydrogen-bond acceptors (Lipinski definition) is 5. The molecule has 6 nitrogen and oxygen atoms in total. The van der Waals surface area contributed by atoms with Gasteiger partial charge in [-0.2, -0.15) is 16.7 Å². The monoisotopic (exact) mass is 379 g/mol. The minimum absolute atomic E-state index is 0.491. The zero-order valence-electron chi connectivity index (χ0n) is 14.2. The molecule has 1 aliphatic rings. The largest absolute Gasteiger partial charge is 0.356 e. The van der Waals surface area contributed by atoms with Crippen LogP contribution >= 0.6 is 23.4 Å². The van der Waals surface area contributed by atoms with Crippen LogP contribution in [0.4, 0.5) is 0 Å². The second kappa shape index (κ2) is 9.10. The van der Waals surface area contributed by atoms with Gasteiger partial charge in [0, 0.05) is 42.4 Å². The van der Waals surface area contributed by atoms with Crippen LogP contribution in [0, 0.1) is 0 Å². The molecule has 0 spiro atoms. The number of aromatic nitrogens is 2. The van der Waals surface area contributed by atoms with Gasteiger partial charge in [0.1, 0.15) is 0 Å². The van der Waals surface area contributed by atoms with Gasteiger partial charge in [-0.3, -0.25) is 4.99 Å². The van der Waals surface area contributed by atoms with Crippen molar-refractivity contribution in [3.05, 3.63) is 35.2 Å². The molecule has 0 amide bonds. The molecule has 0 radical (unpaired) electrons. The number of halogens is 1.